The molecule has 7 nitrogen and oxygen atoms in total. The molecule has 1 atom stereocenters. The van der Waals surface area contributed by atoms with Crippen molar-refractivity contribution >= 4 is 17.3 Å². The number of carbonyl (C=O) groups is 1. The quantitative estimate of drug-likeness (QED) is 0.577. The number of nitrogens with zero attached hydrogens (tertiary/aromatic N) is 1. The molecule has 0 aliphatic carbocycles. The lowest BCUT2D eigenvalue weighted by molar-refractivity contribution is -0.384. The second-order valence-corrected chi connectivity index (χ2v) is 4.12. The predicted molar refractivity (Wildman–Crippen MR) is 71.2 cm³/mol. The number of rotatable bonds is 7. The average molecular weight is 267 g/mol. The number of nitrogens with two attached hydrogens (primary N) is 1. The number of hydrogen-bond acceptors (Lipinski definition) is 5. The summed E-state index contributed by atoms with van der Waals surface area (Å²) in [5, 5.41) is 13.8. The van der Waals surface area contributed by atoms with Gasteiger partial charge in [-0.1, -0.05) is 0 Å². The van der Waals surface area contributed by atoms with Crippen molar-refractivity contribution in [3.8, 4) is 5.75 Å². The molecule has 0 fully saturated rings. The summed E-state index contributed by atoms with van der Waals surface area (Å²) < 4.78 is 5.26. The lowest BCUT2D eigenvalue weighted by Gasteiger charge is -2.14. The normalized spacial score (nSPS) is 11.7. The number of nitrogens with one attached hydrogen (secondary N) is 1. The molecule has 0 aliphatic heterocycles. The Morgan fingerprint density at radius 2 is 2.21 bits per heavy atom. The van der Waals surface area contributed by atoms with Gasteiger partial charge in [0, 0.05) is 30.3 Å². The number of anilines is 1. The standard InChI is InChI=1S/C12H17N3O4/c1-3-19-11-6-9(5-10(7-11)15(17)18)14-8(2)4-12(13)16/h5-8,14H,3-4H2,1-2H3,(H2,13,16). The van der Waals surface area contributed by atoms with Crippen molar-refractivity contribution < 1.29 is 14.5 Å². The predicted octanol–water partition coefficient (Wildman–Crippen LogP) is 1.67. The lowest BCUT2D eigenvalue weighted by Crippen LogP contribution is -2.24. The fourth-order valence-electron chi connectivity index (χ4n) is 1.66. The first-order valence-electron chi connectivity index (χ1n) is 5.89. The van der Waals surface area contributed by atoms with E-state index in [0.29, 0.717) is 18.0 Å². The van der Waals surface area contributed by atoms with Crippen molar-refractivity contribution in [1.29, 1.82) is 0 Å². The third-order valence-corrected chi connectivity index (χ3v) is 2.33. The van der Waals surface area contributed by atoms with Crippen LogP contribution in [0.25, 0.3) is 0 Å². The summed E-state index contributed by atoms with van der Waals surface area (Å²) in [7, 11) is 0. The van der Waals surface area contributed by atoms with Crippen LogP contribution in [0.2, 0.25) is 0 Å². The third-order valence-electron chi connectivity index (χ3n) is 2.33. The van der Waals surface area contributed by atoms with Gasteiger partial charge in [-0.25, -0.2) is 0 Å². The van der Waals surface area contributed by atoms with Crippen LogP contribution in [0.4, 0.5) is 11.4 Å². The Morgan fingerprint density at radius 1 is 1.53 bits per heavy atom. The number of amides is 1. The third kappa shape index (κ3) is 4.82. The molecule has 19 heavy (non-hydrogen) atoms. The molecule has 1 rings (SSSR count). The summed E-state index contributed by atoms with van der Waals surface area (Å²) in [6, 6.07) is 4.18. The number of ether oxygens (including phenoxy) is 1. The highest BCUT2D eigenvalue weighted by atomic mass is 16.6. The maximum atomic E-state index is 10.8. The summed E-state index contributed by atoms with van der Waals surface area (Å²) in [5.74, 6) is -0.0269. The monoisotopic (exact) mass is 267 g/mol. The highest BCUT2D eigenvalue weighted by Gasteiger charge is 2.12. The molecule has 0 radical (unpaired) electrons. The highest BCUT2D eigenvalue weighted by molar-refractivity contribution is 5.75. The number of carbonyl (C=O) groups excluding carboxylic acids is 1. The van der Waals surface area contributed by atoms with Crippen LogP contribution >= 0.6 is 0 Å². The van der Waals surface area contributed by atoms with Crippen molar-refractivity contribution in [1.82, 2.24) is 0 Å². The summed E-state index contributed by atoms with van der Waals surface area (Å²) in [5.41, 5.74) is 5.54. The molecule has 1 amide bonds. The molecule has 0 aromatic heterocycles. The van der Waals surface area contributed by atoms with Gasteiger partial charge >= 0.3 is 0 Å². The average Bonchev–Trinajstić information content (AvgIpc) is 2.27. The summed E-state index contributed by atoms with van der Waals surface area (Å²) in [6.45, 7) is 3.98. The second kappa shape index (κ2) is 6.58. The topological polar surface area (TPSA) is 107 Å². The van der Waals surface area contributed by atoms with Crippen LogP contribution in [-0.2, 0) is 4.79 Å². The van der Waals surface area contributed by atoms with Crippen LogP contribution in [0, 0.1) is 10.1 Å². The molecule has 1 aromatic rings. The van der Waals surface area contributed by atoms with E-state index in [4.69, 9.17) is 10.5 Å². The van der Waals surface area contributed by atoms with Crippen LogP contribution in [0.15, 0.2) is 18.2 Å². The van der Waals surface area contributed by atoms with E-state index in [1.54, 1.807) is 19.9 Å². The maximum absolute atomic E-state index is 10.8. The van der Waals surface area contributed by atoms with Crippen molar-refractivity contribution in [2.24, 2.45) is 5.73 Å². The highest BCUT2D eigenvalue weighted by Crippen LogP contribution is 2.26. The molecule has 0 saturated heterocycles. The fourth-order valence-corrected chi connectivity index (χ4v) is 1.66. The Hall–Kier alpha value is -2.31. The summed E-state index contributed by atoms with van der Waals surface area (Å²) in [6.07, 6.45) is 0.145. The Kier molecular flexibility index (Phi) is 5.11. The van der Waals surface area contributed by atoms with Crippen LogP contribution in [0.3, 0.4) is 0 Å². The second-order valence-electron chi connectivity index (χ2n) is 4.12. The number of hydrogen-bond donors (Lipinski definition) is 2. The summed E-state index contributed by atoms with van der Waals surface area (Å²) in [4.78, 5) is 21.1. The van der Waals surface area contributed by atoms with Gasteiger partial charge in [0.25, 0.3) is 5.69 Å². The van der Waals surface area contributed by atoms with E-state index < -0.39 is 10.8 Å². The van der Waals surface area contributed by atoms with Gasteiger partial charge in [0.2, 0.25) is 5.91 Å². The SMILES string of the molecule is CCOc1cc(NC(C)CC(N)=O)cc([N+](=O)[O-])c1. The minimum atomic E-state index is -0.494. The number of benzene rings is 1. The molecule has 7 heteroatoms. The van der Waals surface area contributed by atoms with Crippen LogP contribution in [0.1, 0.15) is 20.3 Å². The molecule has 0 spiro atoms. The molecular formula is C12H17N3O4. The molecular weight excluding hydrogens is 250 g/mol. The van der Waals surface area contributed by atoms with Crippen LogP contribution in [-0.4, -0.2) is 23.5 Å². The van der Waals surface area contributed by atoms with Gasteiger partial charge in [-0.2, -0.15) is 0 Å². The number of primary amides is 1. The van der Waals surface area contributed by atoms with E-state index in [1.807, 2.05) is 0 Å². The van der Waals surface area contributed by atoms with Crippen LogP contribution < -0.4 is 15.8 Å². The van der Waals surface area contributed by atoms with Crippen molar-refractivity contribution in [3.63, 3.8) is 0 Å². The van der Waals surface area contributed by atoms with E-state index >= 15 is 0 Å². The Morgan fingerprint density at radius 3 is 2.74 bits per heavy atom. The number of non-ortho nitro benzene ring substituents is 1. The fraction of sp³-hybridized carbons (Fsp3) is 0.417. The van der Waals surface area contributed by atoms with E-state index in [9.17, 15) is 14.9 Å². The zero-order valence-electron chi connectivity index (χ0n) is 10.9. The minimum absolute atomic E-state index is 0.0697. The van der Waals surface area contributed by atoms with Gasteiger partial charge in [-0.3, -0.25) is 14.9 Å². The van der Waals surface area contributed by atoms with E-state index in [0.717, 1.165) is 0 Å². The van der Waals surface area contributed by atoms with E-state index in [1.165, 1.54) is 12.1 Å². The summed E-state index contributed by atoms with van der Waals surface area (Å²) >= 11 is 0. The molecule has 0 saturated carbocycles. The number of nitro groups is 1. The lowest BCUT2D eigenvalue weighted by atomic mass is 10.2. The first-order chi connectivity index (χ1) is 8.92. The molecule has 0 heterocycles. The van der Waals surface area contributed by atoms with Gasteiger partial charge in [0.1, 0.15) is 5.75 Å². The van der Waals surface area contributed by atoms with Crippen molar-refractivity contribution in [3.05, 3.63) is 28.3 Å². The van der Waals surface area contributed by atoms with Gasteiger partial charge in [-0.05, 0) is 13.8 Å². The maximum Gasteiger partial charge on any atom is 0.275 e. The van der Waals surface area contributed by atoms with Crippen LogP contribution in [0.5, 0.6) is 5.75 Å². The van der Waals surface area contributed by atoms with Gasteiger partial charge in [0.15, 0.2) is 0 Å². The van der Waals surface area contributed by atoms with Gasteiger partial charge < -0.3 is 15.8 Å². The van der Waals surface area contributed by atoms with E-state index in [2.05, 4.69) is 5.32 Å². The molecule has 3 N–H and O–H groups in total. The van der Waals surface area contributed by atoms with Gasteiger partial charge in [-0.15, -0.1) is 0 Å². The van der Waals surface area contributed by atoms with Gasteiger partial charge in [0.05, 0.1) is 17.6 Å². The molecule has 0 aliphatic rings. The largest absolute Gasteiger partial charge is 0.494 e. The van der Waals surface area contributed by atoms with E-state index in [-0.39, 0.29) is 18.2 Å². The molecule has 104 valence electrons. The molecule has 1 aromatic carbocycles. The Labute approximate surface area is 110 Å². The molecule has 0 bridgehead atoms. The first kappa shape index (κ1) is 14.7. The zero-order valence-corrected chi connectivity index (χ0v) is 10.9. The number of nitro benzene ring substituents is 1. The zero-order chi connectivity index (χ0) is 14.4. The smallest absolute Gasteiger partial charge is 0.275 e. The Bertz CT molecular complexity index is 476. The Balaban J connectivity index is 2.92. The van der Waals surface area contributed by atoms with Crippen molar-refractivity contribution in [2.45, 2.75) is 26.3 Å². The molecule has 1 unspecified atom stereocenters. The first-order valence-corrected chi connectivity index (χ1v) is 5.89. The van der Waals surface area contributed by atoms with Crippen molar-refractivity contribution in [2.75, 3.05) is 11.9 Å². The minimum Gasteiger partial charge on any atom is -0.494 e.